The smallest absolute Gasteiger partial charge is 0.208 e. The number of rotatable bonds is 7. The van der Waals surface area contributed by atoms with Gasteiger partial charge in [-0.25, -0.2) is 9.38 Å². The molecule has 2 unspecified atom stereocenters. The Kier molecular flexibility index (Phi) is 7.41. The molecule has 8 nitrogen and oxygen atoms in total. The van der Waals surface area contributed by atoms with Crippen LogP contribution < -0.4 is 26.0 Å². The molecule has 0 saturated carbocycles. The number of hydrogen-bond acceptors (Lipinski definition) is 5. The number of nitrogens with one attached hydrogen (secondary N) is 2. The second-order valence-corrected chi connectivity index (χ2v) is 8.14. The Labute approximate surface area is 194 Å². The van der Waals surface area contributed by atoms with Crippen molar-refractivity contribution >= 4 is 17.6 Å². The van der Waals surface area contributed by atoms with Crippen LogP contribution in [-0.4, -0.2) is 55.9 Å². The predicted octanol–water partition coefficient (Wildman–Crippen LogP) is 2.47. The molecule has 9 heteroatoms. The van der Waals surface area contributed by atoms with Gasteiger partial charge in [-0.15, -0.1) is 0 Å². The van der Waals surface area contributed by atoms with Gasteiger partial charge in [0.2, 0.25) is 11.9 Å². The van der Waals surface area contributed by atoms with E-state index in [9.17, 15) is 4.39 Å². The van der Waals surface area contributed by atoms with Crippen molar-refractivity contribution in [3.63, 3.8) is 0 Å². The predicted molar refractivity (Wildman–Crippen MR) is 130 cm³/mol. The SMILES string of the molecule is CCN1CCCC1CN=C1NC(=NCc2ccccc2)NC(N)N1c1ccc(OC)c(F)c1. The molecule has 2 heterocycles. The Morgan fingerprint density at radius 1 is 1.18 bits per heavy atom. The van der Waals surface area contributed by atoms with Crippen molar-refractivity contribution in [3.8, 4) is 5.75 Å². The first kappa shape index (κ1) is 23.0. The molecular weight excluding hydrogens is 421 g/mol. The van der Waals surface area contributed by atoms with Crippen LogP contribution in [0.25, 0.3) is 0 Å². The number of hydrogen-bond donors (Lipinski definition) is 3. The van der Waals surface area contributed by atoms with Crippen LogP contribution >= 0.6 is 0 Å². The molecule has 2 aromatic rings. The summed E-state index contributed by atoms with van der Waals surface area (Å²) in [6, 6.07) is 15.1. The topological polar surface area (TPSA) is 90.5 Å². The summed E-state index contributed by atoms with van der Waals surface area (Å²) in [6.07, 6.45) is 1.62. The van der Waals surface area contributed by atoms with Gasteiger partial charge < -0.3 is 10.1 Å². The summed E-state index contributed by atoms with van der Waals surface area (Å²) >= 11 is 0. The second-order valence-electron chi connectivity index (χ2n) is 8.14. The quantitative estimate of drug-likeness (QED) is 0.597. The Hall–Kier alpha value is -3.17. The number of likely N-dealkylation sites (N-methyl/N-ethyl adjacent to an activating group) is 1. The van der Waals surface area contributed by atoms with E-state index in [2.05, 4.69) is 27.4 Å². The monoisotopic (exact) mass is 453 g/mol. The van der Waals surface area contributed by atoms with Crippen molar-refractivity contribution in [1.29, 1.82) is 0 Å². The van der Waals surface area contributed by atoms with E-state index in [-0.39, 0.29) is 5.75 Å². The highest BCUT2D eigenvalue weighted by molar-refractivity contribution is 6.09. The first-order valence-corrected chi connectivity index (χ1v) is 11.4. The molecule has 2 aliphatic heterocycles. The average Bonchev–Trinajstić information content (AvgIpc) is 3.29. The number of guanidine groups is 2. The third-order valence-corrected chi connectivity index (χ3v) is 6.05. The zero-order chi connectivity index (χ0) is 23.2. The van der Waals surface area contributed by atoms with Crippen LogP contribution in [0.3, 0.4) is 0 Å². The molecule has 0 spiro atoms. The van der Waals surface area contributed by atoms with E-state index in [0.717, 1.165) is 25.1 Å². The fourth-order valence-electron chi connectivity index (χ4n) is 4.29. The summed E-state index contributed by atoms with van der Waals surface area (Å²) in [5.74, 6) is 0.797. The molecular formula is C24H32FN7O. The number of ether oxygens (including phenoxy) is 1. The van der Waals surface area contributed by atoms with E-state index < -0.39 is 12.1 Å². The summed E-state index contributed by atoms with van der Waals surface area (Å²) < 4.78 is 19.5. The van der Waals surface area contributed by atoms with Gasteiger partial charge in [0, 0.05) is 12.1 Å². The molecule has 0 radical (unpaired) electrons. The molecule has 176 valence electrons. The summed E-state index contributed by atoms with van der Waals surface area (Å²) in [5.41, 5.74) is 8.13. The summed E-state index contributed by atoms with van der Waals surface area (Å²) in [6.45, 7) is 5.40. The van der Waals surface area contributed by atoms with Crippen molar-refractivity contribution in [1.82, 2.24) is 15.5 Å². The Morgan fingerprint density at radius 2 is 2.00 bits per heavy atom. The van der Waals surface area contributed by atoms with E-state index in [1.54, 1.807) is 17.0 Å². The minimum absolute atomic E-state index is 0.179. The highest BCUT2D eigenvalue weighted by Crippen LogP contribution is 2.25. The van der Waals surface area contributed by atoms with Crippen LogP contribution in [0.1, 0.15) is 25.3 Å². The van der Waals surface area contributed by atoms with E-state index in [0.29, 0.717) is 36.7 Å². The lowest BCUT2D eigenvalue weighted by Crippen LogP contribution is -2.68. The maximum atomic E-state index is 14.5. The molecule has 2 aliphatic rings. The van der Waals surface area contributed by atoms with Crippen LogP contribution in [0.5, 0.6) is 5.75 Å². The van der Waals surface area contributed by atoms with Crippen molar-refractivity contribution in [3.05, 3.63) is 59.9 Å². The molecule has 4 N–H and O–H groups in total. The van der Waals surface area contributed by atoms with E-state index in [4.69, 9.17) is 15.5 Å². The highest BCUT2D eigenvalue weighted by Gasteiger charge is 2.30. The van der Waals surface area contributed by atoms with E-state index in [1.165, 1.54) is 19.6 Å². The van der Waals surface area contributed by atoms with Crippen LogP contribution in [0.15, 0.2) is 58.5 Å². The van der Waals surface area contributed by atoms with E-state index >= 15 is 0 Å². The normalized spacial score (nSPS) is 23.6. The minimum atomic E-state index is -0.668. The Morgan fingerprint density at radius 3 is 2.73 bits per heavy atom. The average molecular weight is 454 g/mol. The van der Waals surface area contributed by atoms with Gasteiger partial charge in [0.05, 0.1) is 25.9 Å². The third-order valence-electron chi connectivity index (χ3n) is 6.05. The Bertz CT molecular complexity index is 998. The zero-order valence-electron chi connectivity index (χ0n) is 19.2. The van der Waals surface area contributed by atoms with Crippen LogP contribution in [-0.2, 0) is 6.54 Å². The molecule has 2 fully saturated rings. The molecule has 33 heavy (non-hydrogen) atoms. The van der Waals surface area contributed by atoms with Crippen LogP contribution in [0, 0.1) is 5.82 Å². The number of nitrogens with two attached hydrogens (primary N) is 1. The first-order chi connectivity index (χ1) is 16.1. The van der Waals surface area contributed by atoms with Gasteiger partial charge in [0.15, 0.2) is 17.9 Å². The van der Waals surface area contributed by atoms with E-state index in [1.807, 2.05) is 30.3 Å². The number of nitrogens with zero attached hydrogens (tertiary/aromatic N) is 4. The summed E-state index contributed by atoms with van der Waals surface area (Å²) in [7, 11) is 1.44. The largest absolute Gasteiger partial charge is 0.494 e. The van der Waals surface area contributed by atoms with Crippen LogP contribution in [0.4, 0.5) is 10.1 Å². The lowest BCUT2D eigenvalue weighted by molar-refractivity contribution is 0.273. The van der Waals surface area contributed by atoms with Crippen molar-refractivity contribution < 1.29 is 9.13 Å². The van der Waals surface area contributed by atoms with Gasteiger partial charge in [-0.1, -0.05) is 37.3 Å². The number of aliphatic imine (C=N–C) groups is 2. The fourth-order valence-corrected chi connectivity index (χ4v) is 4.29. The Balaban J connectivity index is 1.60. The number of likely N-dealkylation sites (tertiary alicyclic amines) is 1. The van der Waals surface area contributed by atoms with Gasteiger partial charge in [-0.2, -0.15) is 0 Å². The summed E-state index contributed by atoms with van der Waals surface area (Å²) in [5, 5.41) is 6.43. The zero-order valence-corrected chi connectivity index (χ0v) is 19.2. The molecule has 2 saturated heterocycles. The lowest BCUT2D eigenvalue weighted by atomic mass is 10.2. The van der Waals surface area contributed by atoms with Crippen LogP contribution in [0.2, 0.25) is 0 Å². The highest BCUT2D eigenvalue weighted by atomic mass is 19.1. The number of benzene rings is 2. The second kappa shape index (κ2) is 10.6. The molecule has 2 aromatic carbocycles. The lowest BCUT2D eigenvalue weighted by Gasteiger charge is -2.38. The molecule has 0 aromatic heterocycles. The first-order valence-electron chi connectivity index (χ1n) is 11.4. The summed E-state index contributed by atoms with van der Waals surface area (Å²) in [4.78, 5) is 13.7. The van der Waals surface area contributed by atoms with Crippen molar-refractivity contribution in [2.24, 2.45) is 15.7 Å². The fraction of sp³-hybridized carbons (Fsp3) is 0.417. The number of halogens is 1. The van der Waals surface area contributed by atoms with Gasteiger partial charge >= 0.3 is 0 Å². The maximum absolute atomic E-state index is 14.5. The van der Waals surface area contributed by atoms with Gasteiger partial charge in [0.25, 0.3) is 0 Å². The molecule has 0 aliphatic carbocycles. The minimum Gasteiger partial charge on any atom is -0.494 e. The maximum Gasteiger partial charge on any atom is 0.208 e. The molecule has 0 bridgehead atoms. The molecule has 0 amide bonds. The van der Waals surface area contributed by atoms with Gasteiger partial charge in [0.1, 0.15) is 0 Å². The van der Waals surface area contributed by atoms with Crippen molar-refractivity contribution in [2.45, 2.75) is 38.6 Å². The van der Waals surface area contributed by atoms with Crippen molar-refractivity contribution in [2.75, 3.05) is 31.6 Å². The van der Waals surface area contributed by atoms with Gasteiger partial charge in [-0.05, 0) is 43.6 Å². The number of methoxy groups -OCH3 is 1. The number of anilines is 1. The third kappa shape index (κ3) is 5.43. The molecule has 4 rings (SSSR count). The molecule has 2 atom stereocenters. The van der Waals surface area contributed by atoms with Gasteiger partial charge in [-0.3, -0.25) is 25.8 Å². The standard InChI is InChI=1S/C24H32FN7O/c1-3-31-13-7-10-19(31)16-28-24-30-23(27-15-17-8-5-4-6-9-17)29-22(26)32(24)18-11-12-21(33-2)20(25)14-18/h4-6,8-9,11-12,14,19,22H,3,7,10,13,15-16,26H2,1-2H3,(H2,27,28,29,30).